The normalized spacial score (nSPS) is 12.0. The Kier molecular flexibility index (Phi) is 10.5. The summed E-state index contributed by atoms with van der Waals surface area (Å²) in [6.45, 7) is 6.72. The van der Waals surface area contributed by atoms with Crippen LogP contribution in [0.4, 0.5) is 0 Å². The lowest BCUT2D eigenvalue weighted by molar-refractivity contribution is -0.156. The molecule has 2 rings (SSSR count). The molecule has 0 aliphatic rings. The van der Waals surface area contributed by atoms with Crippen LogP contribution < -0.4 is 4.74 Å². The standard InChI is InChI=1S/C25H26Cl2O4/c1-4-29-24(25(28)30-5-2)16-19-8-10-23(11-9-19)31-13-12-18(3)6-7-20-14-21(26)17-22(27)15-20/h8-12,14-15,17,24H,4-5,13,16H2,1-3H3/b18-12-. The number of halogens is 2. The number of rotatable bonds is 9. The molecular formula is C25H26Cl2O4. The molecule has 0 aromatic heterocycles. The van der Waals surface area contributed by atoms with Gasteiger partial charge in [0, 0.05) is 28.6 Å². The van der Waals surface area contributed by atoms with Gasteiger partial charge in [0.15, 0.2) is 6.10 Å². The fraction of sp³-hybridized carbons (Fsp3) is 0.320. The van der Waals surface area contributed by atoms with Gasteiger partial charge in [0.25, 0.3) is 0 Å². The van der Waals surface area contributed by atoms with Gasteiger partial charge in [-0.2, -0.15) is 0 Å². The van der Waals surface area contributed by atoms with Crippen LogP contribution in [0.3, 0.4) is 0 Å². The molecule has 0 bridgehead atoms. The number of hydrogen-bond acceptors (Lipinski definition) is 4. The van der Waals surface area contributed by atoms with Gasteiger partial charge in [0.1, 0.15) is 12.4 Å². The van der Waals surface area contributed by atoms with Gasteiger partial charge in [0.05, 0.1) is 6.61 Å². The molecule has 6 heteroatoms. The van der Waals surface area contributed by atoms with Crippen molar-refractivity contribution < 1.29 is 19.0 Å². The van der Waals surface area contributed by atoms with E-state index in [-0.39, 0.29) is 5.97 Å². The van der Waals surface area contributed by atoms with Crippen LogP contribution >= 0.6 is 23.2 Å². The predicted molar refractivity (Wildman–Crippen MR) is 125 cm³/mol. The molecule has 1 atom stereocenters. The first-order chi connectivity index (χ1) is 14.9. The molecule has 1 unspecified atom stereocenters. The molecule has 0 radical (unpaired) electrons. The number of ether oxygens (including phenoxy) is 3. The van der Waals surface area contributed by atoms with Crippen LogP contribution in [-0.4, -0.2) is 31.9 Å². The van der Waals surface area contributed by atoms with Gasteiger partial charge in [-0.3, -0.25) is 0 Å². The van der Waals surface area contributed by atoms with Gasteiger partial charge in [0.2, 0.25) is 0 Å². The Morgan fingerprint density at radius 2 is 1.74 bits per heavy atom. The molecule has 0 aliphatic carbocycles. The molecule has 0 saturated heterocycles. The van der Waals surface area contributed by atoms with Gasteiger partial charge in [-0.15, -0.1) is 0 Å². The Hall–Kier alpha value is -2.45. The Morgan fingerprint density at radius 3 is 2.35 bits per heavy atom. The number of esters is 1. The van der Waals surface area contributed by atoms with Crippen molar-refractivity contribution in [3.8, 4) is 17.6 Å². The monoisotopic (exact) mass is 460 g/mol. The van der Waals surface area contributed by atoms with E-state index in [0.717, 1.165) is 22.4 Å². The third-order valence-electron chi connectivity index (χ3n) is 4.17. The van der Waals surface area contributed by atoms with Gasteiger partial charge >= 0.3 is 5.97 Å². The summed E-state index contributed by atoms with van der Waals surface area (Å²) in [5.41, 5.74) is 2.60. The summed E-state index contributed by atoms with van der Waals surface area (Å²) in [5.74, 6) is 6.48. The number of hydrogen-bond donors (Lipinski definition) is 0. The lowest BCUT2D eigenvalue weighted by Crippen LogP contribution is -2.28. The fourth-order valence-corrected chi connectivity index (χ4v) is 3.22. The molecule has 0 saturated carbocycles. The highest BCUT2D eigenvalue weighted by Gasteiger charge is 2.20. The molecular weight excluding hydrogens is 435 g/mol. The Bertz CT molecular complexity index is 935. The van der Waals surface area contributed by atoms with Crippen LogP contribution in [0, 0.1) is 11.8 Å². The smallest absolute Gasteiger partial charge is 0.335 e. The average Bonchev–Trinajstić information content (AvgIpc) is 2.72. The lowest BCUT2D eigenvalue weighted by Gasteiger charge is -2.15. The van der Waals surface area contributed by atoms with E-state index in [1.165, 1.54) is 0 Å². The topological polar surface area (TPSA) is 44.8 Å². The minimum atomic E-state index is -0.602. The summed E-state index contributed by atoms with van der Waals surface area (Å²) >= 11 is 12.0. The van der Waals surface area contributed by atoms with Gasteiger partial charge in [-0.25, -0.2) is 4.79 Å². The van der Waals surface area contributed by atoms with E-state index in [1.807, 2.05) is 44.2 Å². The largest absolute Gasteiger partial charge is 0.490 e. The van der Waals surface area contributed by atoms with Crippen molar-refractivity contribution in [2.24, 2.45) is 0 Å². The minimum absolute atomic E-state index is 0.333. The van der Waals surface area contributed by atoms with Crippen molar-refractivity contribution in [3.63, 3.8) is 0 Å². The predicted octanol–water partition coefficient (Wildman–Crippen LogP) is 5.88. The van der Waals surface area contributed by atoms with E-state index in [0.29, 0.717) is 36.3 Å². The van der Waals surface area contributed by atoms with Crippen LogP contribution in [0.1, 0.15) is 31.9 Å². The van der Waals surface area contributed by atoms with Crippen molar-refractivity contribution >= 4 is 29.2 Å². The second-order valence-electron chi connectivity index (χ2n) is 6.65. The second kappa shape index (κ2) is 13.1. The Balaban J connectivity index is 1.90. The van der Waals surface area contributed by atoms with Crippen molar-refractivity contribution in [2.45, 2.75) is 33.3 Å². The lowest BCUT2D eigenvalue weighted by atomic mass is 10.1. The maximum Gasteiger partial charge on any atom is 0.335 e. The molecule has 0 amide bonds. The average molecular weight is 461 g/mol. The summed E-state index contributed by atoms with van der Waals surface area (Å²) in [5, 5.41) is 1.11. The van der Waals surface area contributed by atoms with Crippen LogP contribution in [0.15, 0.2) is 54.1 Å². The van der Waals surface area contributed by atoms with Gasteiger partial charge < -0.3 is 14.2 Å². The highest BCUT2D eigenvalue weighted by molar-refractivity contribution is 6.34. The first kappa shape index (κ1) is 24.8. The van der Waals surface area contributed by atoms with Crippen LogP contribution in [0.5, 0.6) is 5.75 Å². The van der Waals surface area contributed by atoms with E-state index >= 15 is 0 Å². The van der Waals surface area contributed by atoms with Gasteiger partial charge in [-0.05, 0) is 68.3 Å². The maximum atomic E-state index is 12.0. The zero-order valence-electron chi connectivity index (χ0n) is 17.9. The zero-order valence-corrected chi connectivity index (χ0v) is 19.4. The summed E-state index contributed by atoms with van der Waals surface area (Å²) in [6.07, 6.45) is 1.75. The highest BCUT2D eigenvalue weighted by Crippen LogP contribution is 2.18. The molecule has 31 heavy (non-hydrogen) atoms. The number of carbonyl (C=O) groups is 1. The molecule has 0 heterocycles. The molecule has 0 fully saturated rings. The number of carbonyl (C=O) groups excluding carboxylic acids is 1. The van der Waals surface area contributed by atoms with E-state index in [2.05, 4.69) is 11.8 Å². The Morgan fingerprint density at radius 1 is 1.06 bits per heavy atom. The van der Waals surface area contributed by atoms with E-state index in [1.54, 1.807) is 25.1 Å². The SMILES string of the molecule is CCOC(=O)C(Cc1ccc(OC/C=C(/C)C#Cc2cc(Cl)cc(Cl)c2)cc1)OCC. The van der Waals surface area contributed by atoms with Crippen molar-refractivity contribution in [1.82, 2.24) is 0 Å². The van der Waals surface area contributed by atoms with Crippen molar-refractivity contribution in [1.29, 1.82) is 0 Å². The molecule has 4 nitrogen and oxygen atoms in total. The molecule has 0 aliphatic heterocycles. The van der Waals surface area contributed by atoms with Crippen molar-refractivity contribution in [3.05, 3.63) is 75.3 Å². The Labute approximate surface area is 194 Å². The number of benzene rings is 2. The summed E-state index contributed by atoms with van der Waals surface area (Å²) < 4.78 is 16.3. The molecule has 0 spiro atoms. The summed E-state index contributed by atoms with van der Waals surface area (Å²) in [7, 11) is 0. The maximum absolute atomic E-state index is 12.0. The second-order valence-corrected chi connectivity index (χ2v) is 7.52. The van der Waals surface area contributed by atoms with E-state index in [9.17, 15) is 4.79 Å². The van der Waals surface area contributed by atoms with E-state index in [4.69, 9.17) is 37.4 Å². The fourth-order valence-electron chi connectivity index (χ4n) is 2.69. The van der Waals surface area contributed by atoms with Crippen LogP contribution in [0.2, 0.25) is 10.0 Å². The highest BCUT2D eigenvalue weighted by atomic mass is 35.5. The third-order valence-corrected chi connectivity index (χ3v) is 4.60. The summed E-state index contributed by atoms with van der Waals surface area (Å²) in [6, 6.07) is 12.8. The van der Waals surface area contributed by atoms with E-state index < -0.39 is 6.10 Å². The molecule has 2 aromatic rings. The quantitative estimate of drug-likeness (QED) is 0.346. The van der Waals surface area contributed by atoms with Crippen LogP contribution in [-0.2, 0) is 20.7 Å². The molecule has 164 valence electrons. The minimum Gasteiger partial charge on any atom is -0.490 e. The molecule has 0 N–H and O–H groups in total. The first-order valence-electron chi connectivity index (χ1n) is 10.1. The summed E-state index contributed by atoms with van der Waals surface area (Å²) in [4.78, 5) is 12.0. The number of allylic oxidation sites excluding steroid dienone is 1. The third kappa shape index (κ3) is 9.06. The van der Waals surface area contributed by atoms with Crippen molar-refractivity contribution in [2.75, 3.05) is 19.8 Å². The first-order valence-corrected chi connectivity index (χ1v) is 10.8. The zero-order chi connectivity index (χ0) is 22.6. The van der Waals surface area contributed by atoms with Crippen LogP contribution in [0.25, 0.3) is 0 Å². The van der Waals surface area contributed by atoms with Gasteiger partial charge in [-0.1, -0.05) is 47.2 Å². The molecule has 2 aromatic carbocycles.